The average Bonchev–Trinajstić information content (AvgIpc) is 2.68. The highest BCUT2D eigenvalue weighted by molar-refractivity contribution is 6.04. The van der Waals surface area contributed by atoms with Crippen LogP contribution in [0.5, 0.6) is 0 Å². The second-order valence-corrected chi connectivity index (χ2v) is 4.32. The number of aryl methyl sites for hydroxylation is 1. The Balaban J connectivity index is 2.28. The number of hydrogen-bond donors (Lipinski definition) is 1. The third-order valence-corrected chi connectivity index (χ3v) is 2.77. The zero-order valence-electron chi connectivity index (χ0n) is 10.8. The molecule has 0 saturated heterocycles. The van der Waals surface area contributed by atoms with Crippen molar-refractivity contribution in [1.29, 1.82) is 0 Å². The Morgan fingerprint density at radius 3 is 2.94 bits per heavy atom. The van der Waals surface area contributed by atoms with Gasteiger partial charge < -0.3 is 10.1 Å². The molecule has 0 unspecified atom stereocenters. The summed E-state index contributed by atoms with van der Waals surface area (Å²) in [6, 6.07) is 7.64. The van der Waals surface area contributed by atoms with Crippen LogP contribution in [-0.2, 0) is 11.8 Å². The largest absolute Gasteiger partial charge is 0.383 e. The van der Waals surface area contributed by atoms with Crippen molar-refractivity contribution in [2.75, 3.05) is 13.7 Å². The Labute approximate surface area is 106 Å². The molecule has 2 rings (SSSR count). The Hall–Kier alpha value is -1.88. The zero-order valence-corrected chi connectivity index (χ0v) is 10.8. The first kappa shape index (κ1) is 12.6. The molecule has 1 aromatic carbocycles. The SMILES string of the molecule is COC[C@H](C)NC(=O)c1nn(C)c2ccccc12. The van der Waals surface area contributed by atoms with Gasteiger partial charge in [0, 0.05) is 25.6 Å². The van der Waals surface area contributed by atoms with E-state index in [1.807, 2.05) is 38.2 Å². The van der Waals surface area contributed by atoms with Gasteiger partial charge in [0.25, 0.3) is 5.91 Å². The molecule has 0 saturated carbocycles. The second-order valence-electron chi connectivity index (χ2n) is 4.32. The molecule has 0 aliphatic heterocycles. The first-order chi connectivity index (χ1) is 8.63. The number of nitrogens with one attached hydrogen (secondary N) is 1. The Kier molecular flexibility index (Phi) is 3.62. The lowest BCUT2D eigenvalue weighted by Crippen LogP contribution is -2.35. The molecule has 96 valence electrons. The normalized spacial score (nSPS) is 12.6. The number of carbonyl (C=O) groups excluding carboxylic acids is 1. The molecule has 0 aliphatic carbocycles. The molecular weight excluding hydrogens is 230 g/mol. The van der Waals surface area contributed by atoms with Crippen molar-refractivity contribution in [3.05, 3.63) is 30.0 Å². The zero-order chi connectivity index (χ0) is 13.1. The molecular formula is C13H17N3O2. The number of para-hydroxylation sites is 1. The Morgan fingerprint density at radius 2 is 2.22 bits per heavy atom. The van der Waals surface area contributed by atoms with Crippen LogP contribution in [-0.4, -0.2) is 35.4 Å². The van der Waals surface area contributed by atoms with Crippen molar-refractivity contribution < 1.29 is 9.53 Å². The van der Waals surface area contributed by atoms with Crippen molar-refractivity contribution >= 4 is 16.8 Å². The van der Waals surface area contributed by atoms with Gasteiger partial charge in [-0.15, -0.1) is 0 Å². The molecule has 5 heteroatoms. The summed E-state index contributed by atoms with van der Waals surface area (Å²) in [7, 11) is 3.44. The minimum Gasteiger partial charge on any atom is -0.383 e. The fourth-order valence-corrected chi connectivity index (χ4v) is 1.97. The van der Waals surface area contributed by atoms with Crippen molar-refractivity contribution in [3.63, 3.8) is 0 Å². The minimum absolute atomic E-state index is 0.0386. The highest BCUT2D eigenvalue weighted by Gasteiger charge is 2.17. The number of fused-ring (bicyclic) bond motifs is 1. The van der Waals surface area contributed by atoms with Crippen LogP contribution in [0.1, 0.15) is 17.4 Å². The lowest BCUT2D eigenvalue weighted by Gasteiger charge is -2.11. The van der Waals surface area contributed by atoms with Crippen molar-refractivity contribution in [2.24, 2.45) is 7.05 Å². The lowest BCUT2D eigenvalue weighted by molar-refractivity contribution is 0.0901. The third kappa shape index (κ3) is 2.36. The second kappa shape index (κ2) is 5.18. The van der Waals surface area contributed by atoms with E-state index in [0.717, 1.165) is 10.9 Å². The fourth-order valence-electron chi connectivity index (χ4n) is 1.97. The van der Waals surface area contributed by atoms with E-state index in [0.29, 0.717) is 12.3 Å². The van der Waals surface area contributed by atoms with E-state index >= 15 is 0 Å². The van der Waals surface area contributed by atoms with Crippen LogP contribution in [0.15, 0.2) is 24.3 Å². The molecule has 1 heterocycles. The average molecular weight is 247 g/mol. The summed E-state index contributed by atoms with van der Waals surface area (Å²) in [5.41, 5.74) is 1.40. The first-order valence-electron chi connectivity index (χ1n) is 5.85. The van der Waals surface area contributed by atoms with Gasteiger partial charge in [0.05, 0.1) is 12.1 Å². The monoisotopic (exact) mass is 247 g/mol. The molecule has 1 atom stereocenters. The first-order valence-corrected chi connectivity index (χ1v) is 5.85. The third-order valence-electron chi connectivity index (χ3n) is 2.77. The van der Waals surface area contributed by atoms with E-state index in [-0.39, 0.29) is 11.9 Å². The Morgan fingerprint density at radius 1 is 1.50 bits per heavy atom. The van der Waals surface area contributed by atoms with Gasteiger partial charge in [-0.1, -0.05) is 18.2 Å². The van der Waals surface area contributed by atoms with Gasteiger partial charge in [-0.25, -0.2) is 0 Å². The molecule has 0 aliphatic rings. The number of methoxy groups -OCH3 is 1. The molecule has 1 N–H and O–H groups in total. The van der Waals surface area contributed by atoms with Crippen LogP contribution in [0.3, 0.4) is 0 Å². The molecule has 2 aromatic rings. The van der Waals surface area contributed by atoms with Crippen LogP contribution >= 0.6 is 0 Å². The van der Waals surface area contributed by atoms with E-state index in [9.17, 15) is 4.79 Å². The smallest absolute Gasteiger partial charge is 0.272 e. The van der Waals surface area contributed by atoms with Crippen molar-refractivity contribution in [3.8, 4) is 0 Å². The van der Waals surface area contributed by atoms with E-state index < -0.39 is 0 Å². The molecule has 0 spiro atoms. The maximum Gasteiger partial charge on any atom is 0.272 e. The number of carbonyl (C=O) groups is 1. The molecule has 0 radical (unpaired) electrons. The van der Waals surface area contributed by atoms with Gasteiger partial charge in [0.2, 0.25) is 0 Å². The van der Waals surface area contributed by atoms with Crippen LogP contribution in [0.2, 0.25) is 0 Å². The number of hydrogen-bond acceptors (Lipinski definition) is 3. The molecule has 18 heavy (non-hydrogen) atoms. The summed E-state index contributed by atoms with van der Waals surface area (Å²) in [5.74, 6) is -0.170. The standard InChI is InChI=1S/C13H17N3O2/c1-9(8-18-3)14-13(17)12-10-6-4-5-7-11(10)16(2)15-12/h4-7,9H,8H2,1-3H3,(H,14,17)/t9-/m0/s1. The number of nitrogens with zero attached hydrogens (tertiary/aromatic N) is 2. The van der Waals surface area contributed by atoms with Crippen molar-refractivity contribution in [1.82, 2.24) is 15.1 Å². The van der Waals surface area contributed by atoms with Gasteiger partial charge in [-0.2, -0.15) is 5.10 Å². The summed E-state index contributed by atoms with van der Waals surface area (Å²) in [5, 5.41) is 7.99. The molecule has 1 amide bonds. The topological polar surface area (TPSA) is 56.1 Å². The van der Waals surface area contributed by atoms with Crippen LogP contribution in [0.4, 0.5) is 0 Å². The highest BCUT2D eigenvalue weighted by Crippen LogP contribution is 2.17. The maximum absolute atomic E-state index is 12.1. The molecule has 0 fully saturated rings. The summed E-state index contributed by atoms with van der Waals surface area (Å²) < 4.78 is 6.71. The van der Waals surface area contributed by atoms with Crippen LogP contribution in [0, 0.1) is 0 Å². The van der Waals surface area contributed by atoms with E-state index in [2.05, 4.69) is 10.4 Å². The van der Waals surface area contributed by atoms with Gasteiger partial charge in [-0.05, 0) is 13.0 Å². The number of amides is 1. The molecule has 5 nitrogen and oxygen atoms in total. The highest BCUT2D eigenvalue weighted by atomic mass is 16.5. The van der Waals surface area contributed by atoms with Crippen LogP contribution < -0.4 is 5.32 Å². The van der Waals surface area contributed by atoms with E-state index in [1.54, 1.807) is 11.8 Å². The summed E-state index contributed by atoms with van der Waals surface area (Å²) >= 11 is 0. The fraction of sp³-hybridized carbons (Fsp3) is 0.385. The summed E-state index contributed by atoms with van der Waals surface area (Å²) in [6.45, 7) is 2.38. The van der Waals surface area contributed by atoms with E-state index in [1.165, 1.54) is 0 Å². The number of rotatable bonds is 4. The number of aromatic nitrogens is 2. The molecule has 0 bridgehead atoms. The van der Waals surface area contributed by atoms with Gasteiger partial charge in [0.15, 0.2) is 5.69 Å². The van der Waals surface area contributed by atoms with Gasteiger partial charge >= 0.3 is 0 Å². The minimum atomic E-state index is -0.170. The predicted molar refractivity (Wildman–Crippen MR) is 69.5 cm³/mol. The van der Waals surface area contributed by atoms with Crippen molar-refractivity contribution in [2.45, 2.75) is 13.0 Å². The summed E-state index contributed by atoms with van der Waals surface area (Å²) in [4.78, 5) is 12.1. The van der Waals surface area contributed by atoms with Crippen LogP contribution in [0.25, 0.3) is 10.9 Å². The Bertz CT molecular complexity index is 562. The predicted octanol–water partition coefficient (Wildman–Crippen LogP) is 1.34. The summed E-state index contributed by atoms with van der Waals surface area (Å²) in [6.07, 6.45) is 0. The maximum atomic E-state index is 12.1. The quantitative estimate of drug-likeness (QED) is 0.887. The number of ether oxygens (including phenoxy) is 1. The lowest BCUT2D eigenvalue weighted by atomic mass is 10.2. The molecule has 1 aromatic heterocycles. The van der Waals surface area contributed by atoms with Gasteiger partial charge in [-0.3, -0.25) is 9.48 Å². The van der Waals surface area contributed by atoms with Gasteiger partial charge in [0.1, 0.15) is 0 Å². The number of benzene rings is 1. The van der Waals surface area contributed by atoms with E-state index in [4.69, 9.17) is 4.74 Å².